The lowest BCUT2D eigenvalue weighted by Crippen LogP contribution is -3.14. The average molecular weight is 325 g/mol. The van der Waals surface area contributed by atoms with E-state index in [1.807, 2.05) is 0 Å². The average Bonchev–Trinajstić information content (AvgIpc) is 2.41. The Labute approximate surface area is 125 Å². The summed E-state index contributed by atoms with van der Waals surface area (Å²) in [4.78, 5) is 0.651. The highest BCUT2D eigenvalue weighted by molar-refractivity contribution is 6.30. The van der Waals surface area contributed by atoms with E-state index in [1.54, 1.807) is 24.3 Å². The van der Waals surface area contributed by atoms with Crippen molar-refractivity contribution in [3.63, 3.8) is 0 Å². The van der Waals surface area contributed by atoms with Crippen LogP contribution in [0.1, 0.15) is 18.4 Å². The van der Waals surface area contributed by atoms with E-state index in [4.69, 9.17) is 16.7 Å². The van der Waals surface area contributed by atoms with Crippen molar-refractivity contribution in [3.8, 4) is 0 Å². The molecule has 0 aliphatic carbocycles. The number of rotatable bonds is 3. The summed E-state index contributed by atoms with van der Waals surface area (Å²) in [7, 11) is 0. The summed E-state index contributed by atoms with van der Waals surface area (Å²) in [6.07, 6.45) is -6.19. The number of aliphatic hydroxyl groups excluding tert-OH is 1. The van der Waals surface area contributed by atoms with Gasteiger partial charge < -0.3 is 15.1 Å². The maximum absolute atomic E-state index is 12.3. The van der Waals surface area contributed by atoms with Gasteiger partial charge in [-0.2, -0.15) is 13.2 Å². The third-order valence-electron chi connectivity index (χ3n) is 4.03. The second-order valence-electron chi connectivity index (χ2n) is 5.55. The van der Waals surface area contributed by atoms with E-state index in [1.165, 1.54) is 0 Å². The van der Waals surface area contributed by atoms with Gasteiger partial charge in [-0.05, 0) is 17.7 Å². The Morgan fingerprint density at radius 1 is 1.19 bits per heavy atom. The van der Waals surface area contributed by atoms with Gasteiger partial charge >= 0.3 is 6.18 Å². The van der Waals surface area contributed by atoms with E-state index in [0.717, 1.165) is 5.56 Å². The van der Waals surface area contributed by atoms with Crippen LogP contribution in [0.4, 0.5) is 13.2 Å². The van der Waals surface area contributed by atoms with Gasteiger partial charge in [0.15, 0.2) is 6.10 Å². The van der Waals surface area contributed by atoms with Crippen LogP contribution in [0.15, 0.2) is 24.3 Å². The molecule has 0 unspecified atom stereocenters. The lowest BCUT2D eigenvalue weighted by atomic mass is 9.84. The lowest BCUT2D eigenvalue weighted by molar-refractivity contribution is -0.912. The monoisotopic (exact) mass is 324 g/mol. The summed E-state index contributed by atoms with van der Waals surface area (Å²) in [5, 5.41) is 20.3. The zero-order valence-electron chi connectivity index (χ0n) is 11.3. The molecule has 0 amide bonds. The highest BCUT2D eigenvalue weighted by Gasteiger charge is 2.43. The molecule has 1 atom stereocenters. The number of quaternary nitrogens is 1. The van der Waals surface area contributed by atoms with Crippen molar-refractivity contribution in [1.29, 1.82) is 0 Å². The Morgan fingerprint density at radius 2 is 1.71 bits per heavy atom. The smallest absolute Gasteiger partial charge is 0.385 e. The van der Waals surface area contributed by atoms with Gasteiger partial charge in [0.1, 0.15) is 12.1 Å². The first-order chi connectivity index (χ1) is 9.71. The minimum Gasteiger partial charge on any atom is -0.385 e. The zero-order chi connectivity index (χ0) is 15.7. The fourth-order valence-corrected chi connectivity index (χ4v) is 2.79. The summed E-state index contributed by atoms with van der Waals surface area (Å²) in [5.41, 5.74) is -0.306. The summed E-state index contributed by atoms with van der Waals surface area (Å²) in [6.45, 7) is 0.388. The Morgan fingerprint density at radius 3 is 2.19 bits per heavy atom. The molecule has 1 aliphatic rings. The van der Waals surface area contributed by atoms with Crippen LogP contribution >= 0.6 is 11.6 Å². The van der Waals surface area contributed by atoms with Crippen molar-refractivity contribution < 1.29 is 28.3 Å². The van der Waals surface area contributed by atoms with Gasteiger partial charge in [-0.25, -0.2) is 0 Å². The molecule has 1 fully saturated rings. The molecule has 3 nitrogen and oxygen atoms in total. The molecule has 3 N–H and O–H groups in total. The topological polar surface area (TPSA) is 44.9 Å². The number of aliphatic hydroxyl groups is 2. The predicted molar refractivity (Wildman–Crippen MR) is 72.2 cm³/mol. The molecule has 7 heteroatoms. The summed E-state index contributed by atoms with van der Waals surface area (Å²) < 4.78 is 37.0. The first-order valence-electron chi connectivity index (χ1n) is 6.77. The van der Waals surface area contributed by atoms with Gasteiger partial charge in [-0.3, -0.25) is 0 Å². The fraction of sp³-hybridized carbons (Fsp3) is 0.571. The van der Waals surface area contributed by atoms with Gasteiger partial charge in [-0.1, -0.05) is 23.7 Å². The number of nitrogens with one attached hydrogen (secondary N) is 1. The fourth-order valence-electron chi connectivity index (χ4n) is 2.66. The molecule has 1 aromatic rings. The second kappa shape index (κ2) is 6.12. The van der Waals surface area contributed by atoms with E-state index in [0.29, 0.717) is 35.9 Å². The number of alkyl halides is 3. The van der Waals surface area contributed by atoms with Crippen molar-refractivity contribution >= 4 is 11.6 Å². The van der Waals surface area contributed by atoms with Crippen molar-refractivity contribution in [2.45, 2.75) is 30.7 Å². The van der Waals surface area contributed by atoms with Crippen LogP contribution < -0.4 is 4.90 Å². The molecular weight excluding hydrogens is 307 g/mol. The van der Waals surface area contributed by atoms with Crippen LogP contribution in [0.2, 0.25) is 5.02 Å². The van der Waals surface area contributed by atoms with E-state index >= 15 is 0 Å². The molecule has 0 radical (unpaired) electrons. The van der Waals surface area contributed by atoms with Gasteiger partial charge in [0, 0.05) is 17.9 Å². The molecule has 1 aromatic carbocycles. The van der Waals surface area contributed by atoms with Gasteiger partial charge in [0.05, 0.1) is 13.1 Å². The minimum atomic E-state index is -4.59. The molecule has 1 saturated heterocycles. The Balaban J connectivity index is 1.95. The number of halogens is 4. The maximum atomic E-state index is 12.3. The van der Waals surface area contributed by atoms with E-state index in [2.05, 4.69) is 0 Å². The third kappa shape index (κ3) is 4.10. The number of likely N-dealkylation sites (tertiary alicyclic amines) is 1. The van der Waals surface area contributed by atoms with Crippen molar-refractivity contribution in [3.05, 3.63) is 34.9 Å². The molecule has 2 rings (SSSR count). The first-order valence-corrected chi connectivity index (χ1v) is 7.15. The van der Waals surface area contributed by atoms with Gasteiger partial charge in [0.25, 0.3) is 0 Å². The quantitative estimate of drug-likeness (QED) is 0.780. The van der Waals surface area contributed by atoms with Gasteiger partial charge in [0.2, 0.25) is 0 Å². The summed E-state index contributed by atoms with van der Waals surface area (Å²) in [6, 6.07) is 6.83. The number of hydrogen-bond donors (Lipinski definition) is 3. The number of hydrogen-bond acceptors (Lipinski definition) is 2. The molecule has 0 bridgehead atoms. The highest BCUT2D eigenvalue weighted by Crippen LogP contribution is 2.30. The second-order valence-corrected chi connectivity index (χ2v) is 5.99. The Bertz CT molecular complexity index is 470. The van der Waals surface area contributed by atoms with Gasteiger partial charge in [-0.15, -0.1) is 0 Å². The van der Waals surface area contributed by atoms with Crippen molar-refractivity contribution in [2.24, 2.45) is 0 Å². The predicted octanol–water partition coefficient (Wildman–Crippen LogP) is 1.13. The molecule has 0 spiro atoms. The highest BCUT2D eigenvalue weighted by atomic mass is 35.5. The molecule has 118 valence electrons. The lowest BCUT2D eigenvalue weighted by Gasteiger charge is -2.37. The Kier molecular flexibility index (Phi) is 4.82. The molecule has 1 aliphatic heterocycles. The van der Waals surface area contributed by atoms with Crippen molar-refractivity contribution in [1.82, 2.24) is 0 Å². The van der Waals surface area contributed by atoms with Crippen LogP contribution in [-0.2, 0) is 5.60 Å². The molecular formula is C14H18ClF3NO2+. The summed E-state index contributed by atoms with van der Waals surface area (Å²) >= 11 is 5.80. The number of piperidine rings is 1. The van der Waals surface area contributed by atoms with Crippen molar-refractivity contribution in [2.75, 3.05) is 19.6 Å². The molecule has 0 aromatic heterocycles. The largest absolute Gasteiger partial charge is 0.419 e. The third-order valence-corrected chi connectivity index (χ3v) is 4.28. The van der Waals surface area contributed by atoms with Crippen LogP contribution in [-0.4, -0.2) is 42.1 Å². The first kappa shape index (κ1) is 16.5. The summed E-state index contributed by atoms with van der Waals surface area (Å²) in [5.74, 6) is 0. The van der Waals surface area contributed by atoms with Crippen LogP contribution in [0.3, 0.4) is 0 Å². The SMILES string of the molecule is O[C@@H](C[NH+]1CCC(O)(c2ccc(Cl)cc2)CC1)C(F)(F)F. The van der Waals surface area contributed by atoms with Crippen LogP contribution in [0.5, 0.6) is 0 Å². The van der Waals surface area contributed by atoms with E-state index < -0.39 is 17.9 Å². The minimum absolute atomic E-state index is 0.356. The molecule has 1 heterocycles. The maximum Gasteiger partial charge on any atom is 0.419 e. The Hall–Kier alpha value is -0.820. The zero-order valence-corrected chi connectivity index (χ0v) is 12.1. The number of benzene rings is 1. The molecule has 21 heavy (non-hydrogen) atoms. The van der Waals surface area contributed by atoms with Crippen LogP contribution in [0.25, 0.3) is 0 Å². The van der Waals surface area contributed by atoms with Crippen LogP contribution in [0, 0.1) is 0 Å². The normalized spacial score (nSPS) is 28.4. The molecule has 0 saturated carbocycles. The van der Waals surface area contributed by atoms with E-state index in [9.17, 15) is 18.3 Å². The van der Waals surface area contributed by atoms with E-state index in [-0.39, 0.29) is 6.54 Å². The standard InChI is InChI=1S/C14H17ClF3NO2/c15-11-3-1-10(2-4-11)13(21)5-7-19(8-6-13)9-12(20)14(16,17)18/h1-4,12,20-21H,5-9H2/p+1/t12-/m0/s1.